The van der Waals surface area contributed by atoms with E-state index in [1.807, 2.05) is 48.4 Å². The predicted molar refractivity (Wildman–Crippen MR) is 120 cm³/mol. The molecule has 0 aliphatic heterocycles. The largest absolute Gasteiger partial charge is 0.352 e. The van der Waals surface area contributed by atoms with Gasteiger partial charge >= 0.3 is 0 Å². The van der Waals surface area contributed by atoms with E-state index in [1.54, 1.807) is 28.5 Å². The second-order valence-corrected chi connectivity index (χ2v) is 8.30. The number of hydrogen-bond donors (Lipinski definition) is 1. The minimum absolute atomic E-state index is 0.137. The van der Waals surface area contributed by atoms with Gasteiger partial charge in [0.15, 0.2) is 0 Å². The summed E-state index contributed by atoms with van der Waals surface area (Å²) in [6, 6.07) is 4.05. The number of carbonyl (C=O) groups excluding carboxylic acids is 1. The van der Waals surface area contributed by atoms with Gasteiger partial charge in [-0.1, -0.05) is 19.4 Å². The highest BCUT2D eigenvalue weighted by atomic mass is 32.1. The van der Waals surface area contributed by atoms with Crippen molar-refractivity contribution in [2.45, 2.75) is 33.1 Å². The molecule has 0 aliphatic carbocycles. The Balaban J connectivity index is 1.58. The number of rotatable bonds is 8. The highest BCUT2D eigenvalue weighted by molar-refractivity contribution is 7.13. The molecule has 4 aromatic heterocycles. The van der Waals surface area contributed by atoms with Crippen LogP contribution in [-0.4, -0.2) is 41.8 Å². The number of aromatic nitrogens is 6. The van der Waals surface area contributed by atoms with E-state index < -0.39 is 0 Å². The second kappa shape index (κ2) is 9.22. The molecule has 31 heavy (non-hydrogen) atoms. The summed E-state index contributed by atoms with van der Waals surface area (Å²) >= 11 is 1.64. The van der Waals surface area contributed by atoms with Crippen molar-refractivity contribution in [3.8, 4) is 16.5 Å². The Labute approximate surface area is 185 Å². The van der Waals surface area contributed by atoms with Crippen LogP contribution in [0.25, 0.3) is 16.5 Å². The van der Waals surface area contributed by atoms with Crippen molar-refractivity contribution in [3.05, 3.63) is 64.9 Å². The summed E-state index contributed by atoms with van der Waals surface area (Å²) in [5.74, 6) is 0.342. The summed E-state index contributed by atoms with van der Waals surface area (Å²) in [6.45, 7) is 4.60. The van der Waals surface area contributed by atoms with Crippen molar-refractivity contribution < 1.29 is 4.79 Å². The van der Waals surface area contributed by atoms with Gasteiger partial charge in [0.05, 0.1) is 34.4 Å². The molecule has 4 heterocycles. The molecule has 4 aromatic rings. The third-order valence-corrected chi connectivity index (χ3v) is 5.96. The van der Waals surface area contributed by atoms with Crippen molar-refractivity contribution in [2.75, 3.05) is 6.54 Å². The van der Waals surface area contributed by atoms with Gasteiger partial charge in [-0.3, -0.25) is 4.79 Å². The SMILES string of the molecule is CCCc1c(C(=O)NCCc2cncn2C)cnn1-c1ncc(C)c(-c2cccs2)n1. The predicted octanol–water partition coefficient (Wildman–Crippen LogP) is 3.36. The van der Waals surface area contributed by atoms with Crippen molar-refractivity contribution in [1.82, 2.24) is 34.6 Å². The molecule has 0 saturated carbocycles. The molecule has 160 valence electrons. The average molecular weight is 436 g/mol. The molecule has 9 heteroatoms. The molecule has 0 aromatic carbocycles. The van der Waals surface area contributed by atoms with Crippen LogP contribution in [0.4, 0.5) is 0 Å². The number of nitrogens with zero attached hydrogens (tertiary/aromatic N) is 6. The van der Waals surface area contributed by atoms with E-state index in [0.717, 1.165) is 33.9 Å². The number of amides is 1. The molecule has 1 amide bonds. The van der Waals surface area contributed by atoms with Crippen molar-refractivity contribution in [2.24, 2.45) is 7.05 Å². The van der Waals surface area contributed by atoms with E-state index in [4.69, 9.17) is 4.98 Å². The Hall–Kier alpha value is -3.33. The molecule has 8 nitrogen and oxygen atoms in total. The lowest BCUT2D eigenvalue weighted by atomic mass is 10.1. The summed E-state index contributed by atoms with van der Waals surface area (Å²) in [6.07, 6.45) is 9.28. The molecular formula is C22H25N7OS. The van der Waals surface area contributed by atoms with Crippen LogP contribution >= 0.6 is 11.3 Å². The molecular weight excluding hydrogens is 410 g/mol. The standard InChI is InChI=1S/C22H25N7OS/c1-4-6-18-17(21(30)24-9-8-16-12-23-14-28(16)3)13-26-29(18)22-25-11-15(2)20(27-22)19-7-5-10-31-19/h5,7,10-14H,4,6,8-9H2,1-3H3,(H,24,30). The van der Waals surface area contributed by atoms with Gasteiger partial charge in [-0.05, 0) is 30.4 Å². The maximum atomic E-state index is 12.9. The third kappa shape index (κ3) is 4.41. The quantitative estimate of drug-likeness (QED) is 0.458. The summed E-state index contributed by atoms with van der Waals surface area (Å²) in [5, 5.41) is 9.50. The Morgan fingerprint density at radius 3 is 2.81 bits per heavy atom. The first-order valence-corrected chi connectivity index (χ1v) is 11.1. The first-order chi connectivity index (χ1) is 15.1. The van der Waals surface area contributed by atoms with Crippen molar-refractivity contribution >= 4 is 17.2 Å². The third-order valence-electron chi connectivity index (χ3n) is 5.09. The molecule has 0 radical (unpaired) electrons. The summed E-state index contributed by atoms with van der Waals surface area (Å²) in [5.41, 5.74) is 4.35. The van der Waals surface area contributed by atoms with E-state index in [-0.39, 0.29) is 5.91 Å². The summed E-state index contributed by atoms with van der Waals surface area (Å²) < 4.78 is 3.64. The van der Waals surface area contributed by atoms with E-state index in [1.165, 1.54) is 0 Å². The first kappa shape index (κ1) is 20.9. The zero-order valence-electron chi connectivity index (χ0n) is 17.9. The maximum absolute atomic E-state index is 12.9. The molecule has 0 spiro atoms. The van der Waals surface area contributed by atoms with Gasteiger partial charge in [0.25, 0.3) is 11.9 Å². The van der Waals surface area contributed by atoms with Gasteiger partial charge in [0, 0.05) is 38.1 Å². The van der Waals surface area contributed by atoms with Gasteiger partial charge in [-0.15, -0.1) is 11.3 Å². The number of aryl methyl sites for hydroxylation is 2. The Bertz CT molecular complexity index is 1180. The van der Waals surface area contributed by atoms with Gasteiger partial charge in [-0.25, -0.2) is 19.6 Å². The summed E-state index contributed by atoms with van der Waals surface area (Å²) in [7, 11) is 1.94. The van der Waals surface area contributed by atoms with E-state index in [0.29, 0.717) is 30.9 Å². The maximum Gasteiger partial charge on any atom is 0.254 e. The van der Waals surface area contributed by atoms with Crippen LogP contribution in [0.3, 0.4) is 0 Å². The van der Waals surface area contributed by atoms with Crippen LogP contribution < -0.4 is 5.32 Å². The normalized spacial score (nSPS) is 11.1. The minimum Gasteiger partial charge on any atom is -0.352 e. The summed E-state index contributed by atoms with van der Waals surface area (Å²) in [4.78, 5) is 27.3. The number of carbonyl (C=O) groups is 1. The number of thiophene rings is 1. The molecule has 4 rings (SSSR count). The minimum atomic E-state index is -0.137. The lowest BCUT2D eigenvalue weighted by molar-refractivity contribution is 0.0953. The van der Waals surface area contributed by atoms with Gasteiger partial charge in [0.1, 0.15) is 0 Å². The Morgan fingerprint density at radius 1 is 1.23 bits per heavy atom. The lowest BCUT2D eigenvalue weighted by Crippen LogP contribution is -2.27. The van der Waals surface area contributed by atoms with Crippen LogP contribution in [-0.2, 0) is 19.9 Å². The van der Waals surface area contributed by atoms with Crippen molar-refractivity contribution in [3.63, 3.8) is 0 Å². The molecule has 0 bridgehead atoms. The smallest absolute Gasteiger partial charge is 0.254 e. The van der Waals surface area contributed by atoms with E-state index in [9.17, 15) is 4.79 Å². The van der Waals surface area contributed by atoms with E-state index >= 15 is 0 Å². The molecule has 0 saturated heterocycles. The number of hydrogen-bond acceptors (Lipinski definition) is 6. The molecule has 0 unspecified atom stereocenters. The van der Waals surface area contributed by atoms with Crippen LogP contribution in [0.1, 0.15) is 40.7 Å². The molecule has 0 fully saturated rings. The fraction of sp³-hybridized carbons (Fsp3) is 0.318. The second-order valence-electron chi connectivity index (χ2n) is 7.35. The van der Waals surface area contributed by atoms with E-state index in [2.05, 4.69) is 27.3 Å². The topological polar surface area (TPSA) is 90.5 Å². The highest BCUT2D eigenvalue weighted by Gasteiger charge is 2.20. The Kier molecular flexibility index (Phi) is 6.22. The lowest BCUT2D eigenvalue weighted by Gasteiger charge is -2.10. The van der Waals surface area contributed by atoms with Crippen LogP contribution in [0.5, 0.6) is 0 Å². The fourth-order valence-electron chi connectivity index (χ4n) is 3.44. The number of imidazole rings is 1. The zero-order valence-corrected chi connectivity index (χ0v) is 18.7. The van der Waals surface area contributed by atoms with Gasteiger partial charge in [-0.2, -0.15) is 5.10 Å². The average Bonchev–Trinajstić information content (AvgIpc) is 3.51. The van der Waals surface area contributed by atoms with Crippen LogP contribution in [0.2, 0.25) is 0 Å². The van der Waals surface area contributed by atoms with Crippen molar-refractivity contribution in [1.29, 1.82) is 0 Å². The Morgan fingerprint density at radius 2 is 2.10 bits per heavy atom. The molecule has 0 atom stereocenters. The van der Waals surface area contributed by atoms with Crippen LogP contribution in [0, 0.1) is 6.92 Å². The van der Waals surface area contributed by atoms with Gasteiger partial charge < -0.3 is 9.88 Å². The zero-order chi connectivity index (χ0) is 21.8. The number of nitrogens with one attached hydrogen (secondary N) is 1. The van der Waals surface area contributed by atoms with Gasteiger partial charge in [0.2, 0.25) is 0 Å². The fourth-order valence-corrected chi connectivity index (χ4v) is 4.21. The first-order valence-electron chi connectivity index (χ1n) is 10.3. The molecule has 0 aliphatic rings. The molecule has 1 N–H and O–H groups in total. The monoisotopic (exact) mass is 435 g/mol. The van der Waals surface area contributed by atoms with Crippen LogP contribution in [0.15, 0.2) is 42.4 Å². The highest BCUT2D eigenvalue weighted by Crippen LogP contribution is 2.26.